The van der Waals surface area contributed by atoms with Gasteiger partial charge < -0.3 is 20.3 Å². The SMILES string of the molecule is COC1(C(=O)N2CCN(CC(=O)Nc3cccc(C)c3C)CC2)CCNCC1. The summed E-state index contributed by atoms with van der Waals surface area (Å²) in [5.41, 5.74) is 2.44. The molecule has 2 N–H and O–H groups in total. The van der Waals surface area contributed by atoms with E-state index in [2.05, 4.69) is 15.5 Å². The Morgan fingerprint density at radius 2 is 1.82 bits per heavy atom. The molecule has 28 heavy (non-hydrogen) atoms. The van der Waals surface area contributed by atoms with E-state index >= 15 is 0 Å². The summed E-state index contributed by atoms with van der Waals surface area (Å²) in [6.07, 6.45) is 1.42. The molecule has 0 atom stereocenters. The van der Waals surface area contributed by atoms with Crippen LogP contribution in [0.1, 0.15) is 24.0 Å². The number of piperazine rings is 1. The molecular weight excluding hydrogens is 356 g/mol. The molecule has 1 aromatic carbocycles. The Morgan fingerprint density at radius 3 is 2.46 bits per heavy atom. The smallest absolute Gasteiger partial charge is 0.254 e. The quantitative estimate of drug-likeness (QED) is 0.792. The van der Waals surface area contributed by atoms with Crippen molar-refractivity contribution in [2.75, 3.05) is 58.2 Å². The van der Waals surface area contributed by atoms with Gasteiger partial charge in [-0.25, -0.2) is 0 Å². The van der Waals surface area contributed by atoms with Gasteiger partial charge in [0.1, 0.15) is 5.60 Å². The molecule has 0 unspecified atom stereocenters. The Balaban J connectivity index is 1.50. The predicted molar refractivity (Wildman–Crippen MR) is 109 cm³/mol. The van der Waals surface area contributed by atoms with Gasteiger partial charge in [-0.15, -0.1) is 0 Å². The number of carbonyl (C=O) groups is 2. The van der Waals surface area contributed by atoms with Crippen LogP contribution < -0.4 is 10.6 Å². The lowest BCUT2D eigenvalue weighted by molar-refractivity contribution is -0.160. The van der Waals surface area contributed by atoms with E-state index in [0.717, 1.165) is 29.9 Å². The number of amides is 2. The van der Waals surface area contributed by atoms with E-state index in [0.29, 0.717) is 45.6 Å². The first-order valence-electron chi connectivity index (χ1n) is 10.1. The van der Waals surface area contributed by atoms with Crippen LogP contribution in [-0.2, 0) is 14.3 Å². The molecule has 1 aromatic rings. The highest BCUT2D eigenvalue weighted by atomic mass is 16.5. The molecule has 0 aromatic heterocycles. The zero-order valence-electron chi connectivity index (χ0n) is 17.2. The molecule has 7 heteroatoms. The van der Waals surface area contributed by atoms with Crippen molar-refractivity contribution in [2.45, 2.75) is 32.3 Å². The maximum Gasteiger partial charge on any atom is 0.254 e. The molecular formula is C21H32N4O3. The number of nitrogens with zero attached hydrogens (tertiary/aromatic N) is 2. The molecule has 2 saturated heterocycles. The number of methoxy groups -OCH3 is 1. The number of hydrogen-bond donors (Lipinski definition) is 2. The van der Waals surface area contributed by atoms with E-state index in [9.17, 15) is 9.59 Å². The molecule has 0 saturated carbocycles. The zero-order chi connectivity index (χ0) is 20.1. The predicted octanol–water partition coefficient (Wildman–Crippen LogP) is 1.15. The number of rotatable bonds is 5. The minimum absolute atomic E-state index is 0.0137. The Hall–Kier alpha value is -1.96. The topological polar surface area (TPSA) is 73.9 Å². The molecule has 2 heterocycles. The van der Waals surface area contributed by atoms with Crippen LogP contribution in [0.2, 0.25) is 0 Å². The molecule has 2 fully saturated rings. The summed E-state index contributed by atoms with van der Waals surface area (Å²) in [6, 6.07) is 5.92. The van der Waals surface area contributed by atoms with E-state index in [1.165, 1.54) is 0 Å². The van der Waals surface area contributed by atoms with E-state index < -0.39 is 5.60 Å². The van der Waals surface area contributed by atoms with Crippen LogP contribution in [0.25, 0.3) is 0 Å². The van der Waals surface area contributed by atoms with Crippen LogP contribution in [0.5, 0.6) is 0 Å². The summed E-state index contributed by atoms with van der Waals surface area (Å²) in [5.74, 6) is 0.0798. The average Bonchev–Trinajstić information content (AvgIpc) is 2.72. The van der Waals surface area contributed by atoms with Gasteiger partial charge in [-0.2, -0.15) is 0 Å². The van der Waals surface area contributed by atoms with E-state index in [4.69, 9.17) is 4.74 Å². The second kappa shape index (κ2) is 9.03. The van der Waals surface area contributed by atoms with Gasteiger partial charge in [-0.3, -0.25) is 14.5 Å². The molecule has 154 valence electrons. The maximum absolute atomic E-state index is 13.0. The molecule has 3 rings (SSSR count). The van der Waals surface area contributed by atoms with Crippen molar-refractivity contribution in [2.24, 2.45) is 0 Å². The summed E-state index contributed by atoms with van der Waals surface area (Å²) in [4.78, 5) is 29.5. The molecule has 0 radical (unpaired) electrons. The minimum Gasteiger partial charge on any atom is -0.368 e. The Bertz CT molecular complexity index is 708. The van der Waals surface area contributed by atoms with Crippen LogP contribution in [0, 0.1) is 13.8 Å². The fraction of sp³-hybridized carbons (Fsp3) is 0.619. The fourth-order valence-electron chi connectivity index (χ4n) is 4.01. The van der Waals surface area contributed by atoms with Gasteiger partial charge in [-0.05, 0) is 57.0 Å². The third kappa shape index (κ3) is 4.54. The van der Waals surface area contributed by atoms with Crippen LogP contribution in [-0.4, -0.2) is 80.1 Å². The molecule has 2 aliphatic rings. The van der Waals surface area contributed by atoms with Gasteiger partial charge in [0.2, 0.25) is 5.91 Å². The number of benzene rings is 1. The molecule has 0 aliphatic carbocycles. The Labute approximate surface area is 167 Å². The van der Waals surface area contributed by atoms with Crippen molar-refractivity contribution in [1.82, 2.24) is 15.1 Å². The number of hydrogen-bond acceptors (Lipinski definition) is 5. The normalized spacial score (nSPS) is 20.0. The van der Waals surface area contributed by atoms with Crippen molar-refractivity contribution < 1.29 is 14.3 Å². The maximum atomic E-state index is 13.0. The Morgan fingerprint density at radius 1 is 1.14 bits per heavy atom. The molecule has 7 nitrogen and oxygen atoms in total. The standard InChI is InChI=1S/C21H32N4O3/c1-16-5-4-6-18(17(16)2)23-19(26)15-24-11-13-25(14-12-24)20(27)21(28-3)7-9-22-10-8-21/h4-6,22H,7-15H2,1-3H3,(H,23,26). The lowest BCUT2D eigenvalue weighted by atomic mass is 9.90. The summed E-state index contributed by atoms with van der Waals surface area (Å²) < 4.78 is 5.66. The van der Waals surface area contributed by atoms with E-state index in [-0.39, 0.29) is 11.8 Å². The van der Waals surface area contributed by atoms with Gasteiger partial charge in [0.05, 0.1) is 6.54 Å². The minimum atomic E-state index is -0.687. The third-order valence-electron chi connectivity index (χ3n) is 6.10. The monoisotopic (exact) mass is 388 g/mol. The van der Waals surface area contributed by atoms with E-state index in [1.807, 2.05) is 36.9 Å². The summed E-state index contributed by atoms with van der Waals surface area (Å²) in [5, 5.41) is 6.30. The highest BCUT2D eigenvalue weighted by Gasteiger charge is 2.43. The number of nitrogens with one attached hydrogen (secondary N) is 2. The van der Waals surface area contributed by atoms with Crippen LogP contribution >= 0.6 is 0 Å². The van der Waals surface area contributed by atoms with Crippen molar-refractivity contribution in [3.63, 3.8) is 0 Å². The van der Waals surface area contributed by atoms with Gasteiger partial charge in [0, 0.05) is 39.0 Å². The fourth-order valence-corrected chi connectivity index (χ4v) is 4.01. The van der Waals surface area contributed by atoms with Crippen molar-refractivity contribution >= 4 is 17.5 Å². The second-order valence-corrected chi connectivity index (χ2v) is 7.81. The second-order valence-electron chi connectivity index (χ2n) is 7.81. The lowest BCUT2D eigenvalue weighted by Gasteiger charge is -2.42. The van der Waals surface area contributed by atoms with Crippen molar-refractivity contribution in [3.8, 4) is 0 Å². The van der Waals surface area contributed by atoms with Gasteiger partial charge in [0.15, 0.2) is 0 Å². The van der Waals surface area contributed by atoms with Gasteiger partial charge in [-0.1, -0.05) is 12.1 Å². The van der Waals surface area contributed by atoms with E-state index in [1.54, 1.807) is 7.11 Å². The number of carbonyl (C=O) groups excluding carboxylic acids is 2. The number of aryl methyl sites for hydroxylation is 1. The highest BCUT2D eigenvalue weighted by Crippen LogP contribution is 2.26. The van der Waals surface area contributed by atoms with Crippen molar-refractivity contribution in [1.29, 1.82) is 0 Å². The van der Waals surface area contributed by atoms with Crippen LogP contribution in [0.4, 0.5) is 5.69 Å². The van der Waals surface area contributed by atoms with Crippen LogP contribution in [0.15, 0.2) is 18.2 Å². The van der Waals surface area contributed by atoms with Gasteiger partial charge in [0.25, 0.3) is 5.91 Å². The van der Waals surface area contributed by atoms with Gasteiger partial charge >= 0.3 is 0 Å². The number of piperidine rings is 1. The van der Waals surface area contributed by atoms with Crippen molar-refractivity contribution in [3.05, 3.63) is 29.3 Å². The first-order chi connectivity index (χ1) is 13.4. The zero-order valence-corrected chi connectivity index (χ0v) is 17.2. The Kier molecular flexibility index (Phi) is 6.69. The number of ether oxygens (including phenoxy) is 1. The largest absolute Gasteiger partial charge is 0.368 e. The molecule has 0 bridgehead atoms. The average molecular weight is 389 g/mol. The first kappa shape index (κ1) is 20.8. The summed E-state index contributed by atoms with van der Waals surface area (Å²) in [6.45, 7) is 8.67. The molecule has 0 spiro atoms. The lowest BCUT2D eigenvalue weighted by Crippen LogP contribution is -2.59. The summed E-state index contributed by atoms with van der Waals surface area (Å²) >= 11 is 0. The highest BCUT2D eigenvalue weighted by molar-refractivity contribution is 5.93. The third-order valence-corrected chi connectivity index (χ3v) is 6.10. The number of anilines is 1. The van der Waals surface area contributed by atoms with Crippen LogP contribution in [0.3, 0.4) is 0 Å². The molecule has 2 amide bonds. The molecule has 2 aliphatic heterocycles. The summed E-state index contributed by atoms with van der Waals surface area (Å²) in [7, 11) is 1.64. The first-order valence-corrected chi connectivity index (χ1v) is 10.1.